The molecule has 43 heavy (non-hydrogen) atoms. The Hall–Kier alpha value is -0.130. The third-order valence-electron chi connectivity index (χ3n) is 6.10. The molecule has 0 bridgehead atoms. The molecule has 18 nitrogen and oxygen atoms in total. The van der Waals surface area contributed by atoms with Crippen LogP contribution in [0, 0.1) is 26.5 Å². The zero-order valence-corrected chi connectivity index (χ0v) is 29.3. The van der Waals surface area contributed by atoms with Gasteiger partial charge in [-0.3, -0.25) is 0 Å². The van der Waals surface area contributed by atoms with E-state index in [9.17, 15) is 45.8 Å². The maximum atomic E-state index is 10.5. The number of aldehydes is 3. The molecule has 15 N–H and O–H groups in total. The van der Waals surface area contributed by atoms with Crippen LogP contribution in [0.25, 0.3) is 0 Å². The first-order valence-corrected chi connectivity index (χ1v) is 19.1. The van der Waals surface area contributed by atoms with Gasteiger partial charge in [-0.25, -0.2) is 0 Å². The number of nitrogens with two attached hydrogens (primary N) is 3. The monoisotopic (exact) mass is 862 g/mol. The Kier molecular flexibility index (Phi) is 40.5. The van der Waals surface area contributed by atoms with E-state index in [2.05, 4.69) is 36.8 Å². The van der Waals surface area contributed by atoms with Crippen molar-refractivity contribution in [1.82, 2.24) is 0 Å². The molecule has 266 valence electrons. The van der Waals surface area contributed by atoms with Crippen molar-refractivity contribution in [3.05, 3.63) is 15.6 Å². The Bertz CT molecular complexity index is 605. The summed E-state index contributed by atoms with van der Waals surface area (Å²) in [5, 5.41) is 60.3. The summed E-state index contributed by atoms with van der Waals surface area (Å²) in [6.07, 6.45) is 2.92. The molecule has 0 aromatic rings. The molecule has 0 aliphatic rings. The van der Waals surface area contributed by atoms with Crippen molar-refractivity contribution in [3.63, 3.8) is 0 Å². The van der Waals surface area contributed by atoms with Crippen LogP contribution in [0.15, 0.2) is 0 Å². The van der Waals surface area contributed by atoms with Crippen molar-refractivity contribution in [2.45, 2.75) is 54.0 Å². The van der Waals surface area contributed by atoms with Crippen LogP contribution in [0.4, 0.5) is 0 Å². The Morgan fingerprint density at radius 3 is 1.40 bits per heavy atom. The van der Waals surface area contributed by atoms with Crippen LogP contribution in [0.5, 0.6) is 0 Å². The number of alkyl halides is 4. The standard InChI is InChI=1S/C7H16O6.C7H10O3.C4H13IN3O3.C4H13IN3.CH4/c1-7(6-13-10,2-4-11-8)3-5-12-9;1-7(6-10,2-4-8)3-5-9;1-5-4(8-11,2-6-9)3-7-10;1-5-4(8,2-6)3-7;/h8-10H,2-6H2,1H3;4-6H,2-3H2,1H3;2-3,6-8H2,1H3;2-3,6-8H2,1H3;1H4/q;;2*-1;. The van der Waals surface area contributed by atoms with E-state index in [1.54, 1.807) is 13.8 Å². The van der Waals surface area contributed by atoms with Crippen molar-refractivity contribution in [2.24, 2.45) is 10.8 Å². The zero-order valence-electron chi connectivity index (χ0n) is 25.0. The number of carbonyl (C=O) groups excluding carboxylic acids is 3. The average Bonchev–Trinajstić information content (AvgIpc) is 3.00. The van der Waals surface area contributed by atoms with Gasteiger partial charge in [0.25, 0.3) is 0 Å². The molecule has 0 rings (SSSR count). The number of hydroxylamine groups is 3. The summed E-state index contributed by atoms with van der Waals surface area (Å²) in [6, 6.07) is 0. The number of hydrogen-bond acceptors (Lipinski definition) is 12. The zero-order chi connectivity index (χ0) is 33.6. The first-order chi connectivity index (χ1) is 19.8. The molecular weight excluding hydrogens is 806 g/mol. The maximum absolute atomic E-state index is 10.5. The van der Waals surface area contributed by atoms with Crippen molar-refractivity contribution in [2.75, 3.05) is 55.9 Å². The number of carbonyl (C=O) groups is 3. The Balaban J connectivity index is -0.000000150. The van der Waals surface area contributed by atoms with Crippen LogP contribution in [0.1, 0.15) is 47.0 Å². The fourth-order valence-corrected chi connectivity index (χ4v) is 5.09. The van der Waals surface area contributed by atoms with Gasteiger partial charge in [0.2, 0.25) is 0 Å². The van der Waals surface area contributed by atoms with Gasteiger partial charge >= 0.3 is 135 Å². The minimum absolute atomic E-state index is 0. The number of hydrogen-bond donors (Lipinski definition) is 6. The summed E-state index contributed by atoms with van der Waals surface area (Å²) in [4.78, 5) is 45.4. The minimum atomic E-state index is -0.774. The topological polar surface area (TPSA) is 350 Å². The molecule has 0 fully saturated rings. The summed E-state index contributed by atoms with van der Waals surface area (Å²) in [6.45, 7) is 5.49. The van der Waals surface area contributed by atoms with Crippen molar-refractivity contribution in [3.8, 4) is 0 Å². The Morgan fingerprint density at radius 2 is 1.21 bits per heavy atom. The number of halogens is 2. The van der Waals surface area contributed by atoms with Gasteiger partial charge in [-0.1, -0.05) is 21.3 Å². The molecular formula is C23H56I2N6O12-2. The molecule has 0 aliphatic carbocycles. The second kappa shape index (κ2) is 33.2. The number of quaternary nitrogens is 6. The summed E-state index contributed by atoms with van der Waals surface area (Å²) in [5.41, 5.74) is 12.6. The quantitative estimate of drug-likeness (QED) is 0.0148. The van der Waals surface area contributed by atoms with E-state index in [-0.39, 0.29) is 99.1 Å². The molecule has 0 saturated carbocycles. The van der Waals surface area contributed by atoms with E-state index in [1.807, 2.05) is 4.93 Å². The molecule has 0 aromatic carbocycles. The molecule has 0 saturated heterocycles. The normalized spacial score (nSPS) is 11.6. The van der Waals surface area contributed by atoms with E-state index < -0.39 is 14.4 Å². The molecule has 0 heterocycles. The van der Waals surface area contributed by atoms with Crippen LogP contribution in [-0.4, -0.2) is 81.8 Å². The Morgan fingerprint density at radius 1 is 0.791 bits per heavy atom. The van der Waals surface area contributed by atoms with E-state index in [0.29, 0.717) is 42.7 Å². The van der Waals surface area contributed by atoms with E-state index in [4.69, 9.17) is 0 Å². The SMILES string of the molecule is C.CC(C=O)(CC=O)CC=O.CC(CCO[O-])(CCO[O-])CO[O-].C[I-]C(C[NH2+][O-])(C[NH2+][O-])[NH2+][O-].C[I-]C([NH3+])(C[NH3+])C[NH3+]. The van der Waals surface area contributed by atoms with Crippen LogP contribution in [0.2, 0.25) is 0 Å². The van der Waals surface area contributed by atoms with Gasteiger partial charge in [0.05, 0.1) is 0 Å². The van der Waals surface area contributed by atoms with Gasteiger partial charge in [0.15, 0.2) is 0 Å². The van der Waals surface area contributed by atoms with Gasteiger partial charge < -0.3 is 44.8 Å². The van der Waals surface area contributed by atoms with Crippen molar-refractivity contribution < 1.29 is 121 Å². The van der Waals surface area contributed by atoms with Gasteiger partial charge in [0.1, 0.15) is 18.9 Å². The second-order valence-electron chi connectivity index (χ2n) is 9.65. The van der Waals surface area contributed by atoms with Gasteiger partial charge in [-0.2, -0.15) is 0 Å². The Labute approximate surface area is 274 Å². The van der Waals surface area contributed by atoms with Crippen LogP contribution in [0.3, 0.4) is 0 Å². The third-order valence-corrected chi connectivity index (χ3v) is 12.7. The van der Waals surface area contributed by atoms with Gasteiger partial charge in [0, 0.05) is 38.1 Å². The fourth-order valence-electron chi connectivity index (χ4n) is 2.52. The van der Waals surface area contributed by atoms with E-state index in [1.165, 1.54) is 0 Å². The summed E-state index contributed by atoms with van der Waals surface area (Å²) < 4.78 is -0.360. The molecule has 20 heteroatoms. The average molecular weight is 863 g/mol. The second-order valence-corrected chi connectivity index (χ2v) is 16.2. The third kappa shape index (κ3) is 29.0. The molecule has 0 spiro atoms. The molecule has 0 amide bonds. The first-order valence-electron chi connectivity index (χ1n) is 12.7. The summed E-state index contributed by atoms with van der Waals surface area (Å²) >= 11 is -0.167. The van der Waals surface area contributed by atoms with E-state index in [0.717, 1.165) is 18.6 Å². The predicted octanol–water partition coefficient (Wildman–Crippen LogP) is -15.6. The fraction of sp³-hybridized carbons (Fsp3) is 0.870. The van der Waals surface area contributed by atoms with E-state index >= 15 is 0 Å². The molecule has 0 radical (unpaired) electrons. The molecule has 0 atom stereocenters. The summed E-state index contributed by atoms with van der Waals surface area (Å²) in [7, 11) is 0. The van der Waals surface area contributed by atoms with Gasteiger partial charge in [-0.15, -0.1) is 0 Å². The van der Waals surface area contributed by atoms with Crippen molar-refractivity contribution in [1.29, 1.82) is 0 Å². The first kappa shape index (κ1) is 52.4. The van der Waals surface area contributed by atoms with Crippen molar-refractivity contribution >= 4 is 18.9 Å². The van der Waals surface area contributed by atoms with Crippen LogP contribution < -0.4 is 91.8 Å². The molecule has 0 aromatic heterocycles. The van der Waals surface area contributed by atoms with Crippen LogP contribution >= 0.6 is 0 Å². The summed E-state index contributed by atoms with van der Waals surface area (Å²) in [5.74, 6) is 0. The molecule has 0 unspecified atom stereocenters. The molecule has 0 aliphatic heterocycles. The number of rotatable bonds is 22. The van der Waals surface area contributed by atoms with Crippen LogP contribution in [-0.2, 0) is 29.0 Å². The predicted molar refractivity (Wildman–Crippen MR) is 139 cm³/mol. The van der Waals surface area contributed by atoms with Gasteiger partial charge in [-0.05, 0) is 18.3 Å².